The Bertz CT molecular complexity index is 1440. The fraction of sp³-hybridized carbons (Fsp3) is 0.258. The molecular weight excluding hydrogens is 528 g/mol. The van der Waals surface area contributed by atoms with Crippen LogP contribution in [0.3, 0.4) is 0 Å². The Balaban J connectivity index is 1.25. The van der Waals surface area contributed by atoms with Crippen molar-refractivity contribution in [1.82, 2.24) is 0 Å². The first-order chi connectivity index (χ1) is 19.3. The molecule has 0 aromatic heterocycles. The number of hydrogen-bond acceptors (Lipinski definition) is 6. The molecule has 2 aliphatic heterocycles. The summed E-state index contributed by atoms with van der Waals surface area (Å²) in [4.78, 5) is 42.3. The summed E-state index contributed by atoms with van der Waals surface area (Å²) in [7, 11) is 0. The average Bonchev–Trinajstić information content (AvgIpc) is 3.17. The van der Waals surface area contributed by atoms with Gasteiger partial charge in [-0.05, 0) is 92.4 Å². The van der Waals surface area contributed by atoms with Gasteiger partial charge in [0.1, 0.15) is 16.5 Å². The number of carbonyl (C=O) groups excluding carboxylic acids is 3. The van der Waals surface area contributed by atoms with Crippen LogP contribution in [-0.2, 0) is 9.59 Å². The molecule has 2 heterocycles. The van der Waals surface area contributed by atoms with E-state index in [9.17, 15) is 14.4 Å². The van der Waals surface area contributed by atoms with Crippen LogP contribution in [0.5, 0.6) is 5.75 Å². The minimum Gasteiger partial charge on any atom is -0.494 e. The summed E-state index contributed by atoms with van der Waals surface area (Å²) in [6, 6.07) is 21.1. The van der Waals surface area contributed by atoms with Gasteiger partial charge in [-0.2, -0.15) is 0 Å². The smallest absolute Gasteiger partial charge is 0.283 e. The van der Waals surface area contributed by atoms with Crippen molar-refractivity contribution in [2.75, 3.05) is 40.1 Å². The summed E-state index contributed by atoms with van der Waals surface area (Å²) in [6.07, 6.45) is 2.37. The van der Waals surface area contributed by atoms with Crippen molar-refractivity contribution in [3.8, 4) is 5.75 Å². The largest absolute Gasteiger partial charge is 0.494 e. The highest BCUT2D eigenvalue weighted by molar-refractivity contribution is 6.53. The van der Waals surface area contributed by atoms with E-state index in [0.717, 1.165) is 29.6 Å². The Labute approximate surface area is 238 Å². The van der Waals surface area contributed by atoms with Gasteiger partial charge in [-0.25, -0.2) is 4.90 Å². The van der Waals surface area contributed by atoms with Gasteiger partial charge in [-0.15, -0.1) is 0 Å². The summed E-state index contributed by atoms with van der Waals surface area (Å²) in [5.74, 6) is -0.123. The van der Waals surface area contributed by atoms with Crippen molar-refractivity contribution in [2.24, 2.45) is 5.92 Å². The number of carbonyl (C=O) groups is 3. The molecule has 0 saturated carbocycles. The zero-order valence-corrected chi connectivity index (χ0v) is 23.2. The highest BCUT2D eigenvalue weighted by Gasteiger charge is 2.39. The molecule has 9 heteroatoms. The van der Waals surface area contributed by atoms with Gasteiger partial charge in [-0.1, -0.05) is 24.6 Å². The highest BCUT2D eigenvalue weighted by Crippen LogP contribution is 2.31. The molecule has 1 fully saturated rings. The SMILES string of the molecule is CCOc1ccc(N2C(=O)C(Cl)=C(Nc3cccc(C(=O)Nc4ccc(N5CCC(C)CC5)cc4)c3)C2=O)cc1. The predicted molar refractivity (Wildman–Crippen MR) is 158 cm³/mol. The Morgan fingerprint density at radius 1 is 0.925 bits per heavy atom. The number of anilines is 4. The van der Waals surface area contributed by atoms with Crippen molar-refractivity contribution in [1.29, 1.82) is 0 Å². The van der Waals surface area contributed by atoms with E-state index in [1.807, 2.05) is 31.2 Å². The second-order valence-electron chi connectivity index (χ2n) is 9.94. The zero-order valence-electron chi connectivity index (χ0n) is 22.4. The van der Waals surface area contributed by atoms with Gasteiger partial charge < -0.3 is 20.3 Å². The van der Waals surface area contributed by atoms with Crippen LogP contribution in [0.4, 0.5) is 22.7 Å². The predicted octanol–water partition coefficient (Wildman–Crippen LogP) is 6.01. The molecule has 0 unspecified atom stereocenters. The van der Waals surface area contributed by atoms with Crippen molar-refractivity contribution < 1.29 is 19.1 Å². The molecule has 40 heavy (non-hydrogen) atoms. The molecule has 3 aromatic carbocycles. The number of hydrogen-bond donors (Lipinski definition) is 2. The molecule has 8 nitrogen and oxygen atoms in total. The van der Waals surface area contributed by atoms with Gasteiger partial charge in [-0.3, -0.25) is 14.4 Å². The van der Waals surface area contributed by atoms with Crippen LogP contribution in [0.25, 0.3) is 0 Å². The van der Waals surface area contributed by atoms with Gasteiger partial charge in [0.05, 0.1) is 12.3 Å². The van der Waals surface area contributed by atoms with E-state index in [2.05, 4.69) is 22.5 Å². The minimum absolute atomic E-state index is 0.0548. The molecule has 3 amide bonds. The summed E-state index contributed by atoms with van der Waals surface area (Å²) in [6.45, 7) is 6.74. The van der Waals surface area contributed by atoms with Gasteiger partial charge in [0.25, 0.3) is 17.7 Å². The highest BCUT2D eigenvalue weighted by atomic mass is 35.5. The Morgan fingerprint density at radius 2 is 1.60 bits per heavy atom. The van der Waals surface area contributed by atoms with Gasteiger partial charge >= 0.3 is 0 Å². The van der Waals surface area contributed by atoms with Crippen LogP contribution in [0, 0.1) is 5.92 Å². The molecule has 0 atom stereocenters. The van der Waals surface area contributed by atoms with Gasteiger partial charge in [0.2, 0.25) is 0 Å². The molecular formula is C31H31ClN4O4. The third-order valence-electron chi connectivity index (χ3n) is 7.10. The Hall–Kier alpha value is -4.30. The summed E-state index contributed by atoms with van der Waals surface area (Å²) in [5, 5.41) is 5.63. The molecule has 1 saturated heterocycles. The fourth-order valence-corrected chi connectivity index (χ4v) is 5.02. The molecule has 0 spiro atoms. The first-order valence-corrected chi connectivity index (χ1v) is 13.8. The van der Waals surface area contributed by atoms with Crippen molar-refractivity contribution >= 4 is 52.1 Å². The number of nitrogens with one attached hydrogen (secondary N) is 2. The van der Waals surface area contributed by atoms with Gasteiger partial charge in [0.15, 0.2) is 0 Å². The molecule has 206 valence electrons. The maximum atomic E-state index is 13.1. The fourth-order valence-electron chi connectivity index (χ4n) is 4.81. The van der Waals surface area contributed by atoms with E-state index >= 15 is 0 Å². The number of ether oxygens (including phenoxy) is 1. The molecule has 0 bridgehead atoms. The quantitative estimate of drug-likeness (QED) is 0.329. The maximum Gasteiger partial charge on any atom is 0.283 e. The topological polar surface area (TPSA) is 91.0 Å². The molecule has 0 radical (unpaired) electrons. The van der Waals surface area contributed by atoms with E-state index in [4.69, 9.17) is 16.3 Å². The van der Waals surface area contributed by atoms with Crippen molar-refractivity contribution in [2.45, 2.75) is 26.7 Å². The standard InChI is InChI=1S/C31H31ClN4O4/c1-3-40-26-13-11-25(12-14-26)36-30(38)27(32)28(31(36)39)33-23-6-4-5-21(19-23)29(37)34-22-7-9-24(10-8-22)35-17-15-20(2)16-18-35/h4-14,19-20,33H,3,15-18H2,1-2H3,(H,34,37). The summed E-state index contributed by atoms with van der Waals surface area (Å²) in [5.41, 5.74) is 2.99. The first-order valence-electron chi connectivity index (χ1n) is 13.4. The lowest BCUT2D eigenvalue weighted by molar-refractivity contribution is -0.120. The van der Waals surface area contributed by atoms with Crippen molar-refractivity contribution in [3.63, 3.8) is 0 Å². The molecule has 2 N–H and O–H groups in total. The lowest BCUT2D eigenvalue weighted by Crippen LogP contribution is -2.32. The third kappa shape index (κ3) is 5.82. The number of imide groups is 1. The number of benzene rings is 3. The van der Waals surface area contributed by atoms with E-state index < -0.39 is 11.8 Å². The second kappa shape index (κ2) is 11.8. The zero-order chi connectivity index (χ0) is 28.2. The number of piperidine rings is 1. The Kier molecular flexibility index (Phi) is 8.07. The molecule has 0 aliphatic carbocycles. The maximum absolute atomic E-state index is 13.1. The van der Waals surface area contributed by atoms with E-state index in [0.29, 0.717) is 35.0 Å². The van der Waals surface area contributed by atoms with E-state index in [1.165, 1.54) is 12.8 Å². The lowest BCUT2D eigenvalue weighted by atomic mass is 9.99. The molecule has 5 rings (SSSR count). The van der Waals surface area contributed by atoms with Crippen molar-refractivity contribution in [3.05, 3.63) is 89.1 Å². The summed E-state index contributed by atoms with van der Waals surface area (Å²) < 4.78 is 5.43. The number of amides is 3. The first kappa shape index (κ1) is 27.3. The minimum atomic E-state index is -0.630. The summed E-state index contributed by atoms with van der Waals surface area (Å²) >= 11 is 6.28. The molecule has 2 aliphatic rings. The number of nitrogens with zero attached hydrogens (tertiary/aromatic N) is 2. The normalized spacial score (nSPS) is 16.0. The van der Waals surface area contributed by atoms with Crippen LogP contribution < -0.4 is 25.2 Å². The number of halogens is 1. The third-order valence-corrected chi connectivity index (χ3v) is 7.45. The Morgan fingerprint density at radius 3 is 2.27 bits per heavy atom. The van der Waals surface area contributed by atoms with E-state index in [1.54, 1.807) is 48.5 Å². The lowest BCUT2D eigenvalue weighted by Gasteiger charge is -2.32. The second-order valence-corrected chi connectivity index (χ2v) is 10.3. The monoisotopic (exact) mass is 558 g/mol. The number of rotatable bonds is 8. The van der Waals surface area contributed by atoms with Crippen LogP contribution in [-0.4, -0.2) is 37.4 Å². The molecule has 3 aromatic rings. The van der Waals surface area contributed by atoms with Gasteiger partial charge in [0, 0.05) is 35.7 Å². The van der Waals surface area contributed by atoms with Crippen LogP contribution >= 0.6 is 11.6 Å². The van der Waals surface area contributed by atoms with Crippen LogP contribution in [0.1, 0.15) is 37.0 Å². The van der Waals surface area contributed by atoms with E-state index in [-0.39, 0.29) is 16.6 Å². The average molecular weight is 559 g/mol. The van der Waals surface area contributed by atoms with Crippen LogP contribution in [0.15, 0.2) is 83.5 Å². The van der Waals surface area contributed by atoms with Crippen LogP contribution in [0.2, 0.25) is 0 Å².